The van der Waals surface area contributed by atoms with E-state index in [1.165, 1.54) is 23.0 Å². The number of unbranched alkanes of at least 4 members (excludes halogenated alkanes) is 1. The summed E-state index contributed by atoms with van der Waals surface area (Å²) >= 11 is 10.2. The molecule has 0 spiro atoms. The first kappa shape index (κ1) is 41.0. The van der Waals surface area contributed by atoms with Gasteiger partial charge in [0.1, 0.15) is 17.2 Å². The van der Waals surface area contributed by atoms with E-state index in [0.717, 1.165) is 31.6 Å². The Kier molecular flexibility index (Phi) is 23.4. The first-order chi connectivity index (χ1) is 19.3. The summed E-state index contributed by atoms with van der Waals surface area (Å²) in [6.45, 7) is 23.7. The lowest BCUT2D eigenvalue weighted by atomic mass is 9.87. The highest BCUT2D eigenvalue weighted by molar-refractivity contribution is 7.80. The van der Waals surface area contributed by atoms with Gasteiger partial charge < -0.3 is 10.2 Å². The first-order valence-electron chi connectivity index (χ1n) is 14.6. The Morgan fingerprint density at radius 1 is 1.05 bits per heavy atom. The molecule has 0 aliphatic heterocycles. The predicted molar refractivity (Wildman–Crippen MR) is 180 cm³/mol. The highest BCUT2D eigenvalue weighted by atomic mass is 35.5. The van der Waals surface area contributed by atoms with E-state index in [4.69, 9.17) is 11.6 Å². The third kappa shape index (κ3) is 16.8. The standard InChI is InChI=1S/C17H16ClF2NOS.C10H18.C5H13N.C2H6/c1-2-3-9-21(14-8-7-11(18)10-15(14)23)17(22)16-12(19)5-4-6-13(16)20;1-6-7-8-9(2)10(3,4)5;1-3-5-6-4-2;1-2/h4-8,10,23H,2-3,9H2,1H3;6-8H,1-5H3;6H,3-5H2,1-2H3;1-2H3/b;7-6-,9-8+;;. The Bertz CT molecular complexity index is 1040. The van der Waals surface area contributed by atoms with Crippen LogP contribution in [0.3, 0.4) is 0 Å². The second-order valence-electron chi connectivity index (χ2n) is 10.0. The lowest BCUT2D eigenvalue weighted by molar-refractivity contribution is 0.0978. The van der Waals surface area contributed by atoms with Gasteiger partial charge >= 0.3 is 0 Å². The average Bonchev–Trinajstić information content (AvgIpc) is 2.93. The van der Waals surface area contributed by atoms with Crippen molar-refractivity contribution >= 4 is 35.8 Å². The maximum atomic E-state index is 13.9. The Morgan fingerprint density at radius 3 is 2.05 bits per heavy atom. The van der Waals surface area contributed by atoms with Crippen LogP contribution in [-0.2, 0) is 0 Å². The zero-order valence-corrected chi connectivity index (χ0v) is 28.5. The minimum atomic E-state index is -0.883. The van der Waals surface area contributed by atoms with Gasteiger partial charge in [0.05, 0.1) is 5.69 Å². The number of nitrogens with zero attached hydrogens (tertiary/aromatic N) is 1. The topological polar surface area (TPSA) is 32.3 Å². The van der Waals surface area contributed by atoms with Gasteiger partial charge in [0.2, 0.25) is 0 Å². The molecule has 1 N–H and O–H groups in total. The Hall–Kier alpha value is -2.15. The highest BCUT2D eigenvalue weighted by Gasteiger charge is 2.25. The van der Waals surface area contributed by atoms with E-state index in [9.17, 15) is 13.6 Å². The van der Waals surface area contributed by atoms with E-state index in [-0.39, 0.29) is 0 Å². The van der Waals surface area contributed by atoms with Crippen LogP contribution >= 0.6 is 24.2 Å². The van der Waals surface area contributed by atoms with E-state index < -0.39 is 23.1 Å². The van der Waals surface area contributed by atoms with E-state index in [1.54, 1.807) is 18.2 Å². The van der Waals surface area contributed by atoms with Crippen LogP contribution in [0.15, 0.2) is 65.1 Å². The van der Waals surface area contributed by atoms with Crippen molar-refractivity contribution in [1.29, 1.82) is 0 Å². The van der Waals surface area contributed by atoms with Crippen molar-refractivity contribution in [1.82, 2.24) is 5.32 Å². The number of rotatable bonds is 9. The number of anilines is 1. The molecule has 0 aromatic heterocycles. The largest absolute Gasteiger partial charge is 0.317 e. The molecule has 2 rings (SSSR count). The molecule has 0 radical (unpaired) electrons. The molecule has 3 nitrogen and oxygen atoms in total. The molecule has 2 aromatic carbocycles. The van der Waals surface area contributed by atoms with Gasteiger partial charge in [-0.15, -0.1) is 12.6 Å². The van der Waals surface area contributed by atoms with Crippen molar-refractivity contribution in [2.75, 3.05) is 24.5 Å². The number of thiol groups is 1. The number of halogens is 3. The fourth-order valence-corrected chi connectivity index (χ4v) is 3.64. The summed E-state index contributed by atoms with van der Waals surface area (Å²) in [7, 11) is 0. The zero-order chi connectivity index (χ0) is 32.0. The maximum Gasteiger partial charge on any atom is 0.264 e. The number of nitrogens with one attached hydrogen (secondary N) is 1. The van der Waals surface area contributed by atoms with Crippen LogP contribution in [-0.4, -0.2) is 25.5 Å². The molecule has 7 heteroatoms. The van der Waals surface area contributed by atoms with Crippen LogP contribution < -0.4 is 10.2 Å². The van der Waals surface area contributed by atoms with Gasteiger partial charge in [-0.05, 0) is 75.5 Å². The van der Waals surface area contributed by atoms with Crippen molar-refractivity contribution in [2.45, 2.75) is 93.4 Å². The van der Waals surface area contributed by atoms with Crippen LogP contribution in [0.2, 0.25) is 5.02 Å². The number of amides is 1. The fourth-order valence-electron chi connectivity index (χ4n) is 3.05. The maximum absolute atomic E-state index is 13.9. The van der Waals surface area contributed by atoms with E-state index in [0.29, 0.717) is 34.0 Å². The summed E-state index contributed by atoms with van der Waals surface area (Å²) in [5, 5.41) is 3.67. The Balaban J connectivity index is 0. The Labute approximate surface area is 259 Å². The fraction of sp³-hybridized carbons (Fsp3) is 0.500. The molecule has 41 heavy (non-hydrogen) atoms. The molecule has 0 unspecified atom stereocenters. The lowest BCUT2D eigenvalue weighted by Gasteiger charge is -2.24. The number of carbonyl (C=O) groups excluding carboxylic acids is 1. The summed E-state index contributed by atoms with van der Waals surface area (Å²) < 4.78 is 27.9. The van der Waals surface area contributed by atoms with Crippen LogP contribution in [0.4, 0.5) is 14.5 Å². The third-order valence-electron chi connectivity index (χ3n) is 5.78. The monoisotopic (exact) mass is 610 g/mol. The molecule has 0 saturated carbocycles. The van der Waals surface area contributed by atoms with E-state index in [2.05, 4.69) is 77.7 Å². The van der Waals surface area contributed by atoms with Gasteiger partial charge in [0.25, 0.3) is 5.91 Å². The summed E-state index contributed by atoms with van der Waals surface area (Å²) in [5.74, 6) is -2.50. The summed E-state index contributed by atoms with van der Waals surface area (Å²) in [6.07, 6.45) is 9.07. The molecule has 2 aromatic rings. The van der Waals surface area contributed by atoms with Gasteiger partial charge in [-0.25, -0.2) is 8.78 Å². The minimum absolute atomic E-state index is 0.319. The molecule has 0 heterocycles. The van der Waals surface area contributed by atoms with Crippen molar-refractivity contribution in [3.63, 3.8) is 0 Å². The number of carbonyl (C=O) groups is 1. The minimum Gasteiger partial charge on any atom is -0.317 e. The van der Waals surface area contributed by atoms with E-state index in [1.807, 2.05) is 27.7 Å². The van der Waals surface area contributed by atoms with Crippen LogP contribution in [0.25, 0.3) is 0 Å². The lowest BCUT2D eigenvalue weighted by Crippen LogP contribution is -2.33. The van der Waals surface area contributed by atoms with Crippen LogP contribution in [0.1, 0.15) is 98.9 Å². The van der Waals surface area contributed by atoms with Crippen molar-refractivity contribution < 1.29 is 13.6 Å². The number of hydrogen-bond donors (Lipinski definition) is 2. The SMILES string of the molecule is C/C=C\C=C(/C)C(C)(C)C.CC.CCCCN(C(=O)c1c(F)cccc1F)c1ccc(Cl)cc1S.CCCNCC. The molecule has 0 fully saturated rings. The van der Waals surface area contributed by atoms with Crippen molar-refractivity contribution in [3.05, 3.63) is 82.4 Å². The first-order valence-corrected chi connectivity index (χ1v) is 15.4. The molecule has 0 saturated heterocycles. The average molecular weight is 611 g/mol. The summed E-state index contributed by atoms with van der Waals surface area (Å²) in [5.41, 5.74) is 1.65. The normalized spacial score (nSPS) is 11.0. The van der Waals surface area contributed by atoms with Crippen molar-refractivity contribution in [3.8, 4) is 0 Å². The molecule has 0 bridgehead atoms. The van der Waals surface area contributed by atoms with Gasteiger partial charge in [0.15, 0.2) is 0 Å². The number of hydrogen-bond acceptors (Lipinski definition) is 3. The predicted octanol–water partition coefficient (Wildman–Crippen LogP) is 10.9. The molecule has 1 amide bonds. The van der Waals surface area contributed by atoms with Gasteiger partial charge in [-0.1, -0.05) is 103 Å². The van der Waals surface area contributed by atoms with Crippen LogP contribution in [0, 0.1) is 17.0 Å². The molecule has 0 aliphatic carbocycles. The van der Waals surface area contributed by atoms with Gasteiger partial charge in [-0.2, -0.15) is 0 Å². The van der Waals surface area contributed by atoms with Crippen molar-refractivity contribution in [2.24, 2.45) is 5.41 Å². The number of benzene rings is 2. The van der Waals surface area contributed by atoms with Gasteiger partial charge in [-0.3, -0.25) is 4.79 Å². The molecule has 0 aliphatic rings. The highest BCUT2D eigenvalue weighted by Crippen LogP contribution is 2.30. The van der Waals surface area contributed by atoms with Gasteiger partial charge in [0, 0.05) is 16.5 Å². The molecule has 232 valence electrons. The zero-order valence-electron chi connectivity index (χ0n) is 26.9. The Morgan fingerprint density at radius 2 is 1.63 bits per heavy atom. The van der Waals surface area contributed by atoms with E-state index >= 15 is 0 Å². The van der Waals surface area contributed by atoms with Crippen LogP contribution in [0.5, 0.6) is 0 Å². The quantitative estimate of drug-likeness (QED) is 0.168. The molecular weight excluding hydrogens is 558 g/mol. The second kappa shape index (κ2) is 23.4. The summed E-state index contributed by atoms with van der Waals surface area (Å²) in [4.78, 5) is 14.5. The summed E-state index contributed by atoms with van der Waals surface area (Å²) in [6, 6.07) is 8.18. The third-order valence-corrected chi connectivity index (χ3v) is 6.38. The molecular formula is C34H53ClF2N2OS. The second-order valence-corrected chi connectivity index (χ2v) is 10.9. The smallest absolute Gasteiger partial charge is 0.264 e. The molecule has 0 atom stereocenters. The number of allylic oxidation sites excluding steroid dienone is 4.